The second-order valence-corrected chi connectivity index (χ2v) is 21.1. The van der Waals surface area contributed by atoms with Crippen LogP contribution in [0, 0.1) is 28.6 Å². The van der Waals surface area contributed by atoms with Crippen LogP contribution in [0.1, 0.15) is 98.5 Å². The smallest absolute Gasteiger partial charge is 0.302 e. The van der Waals surface area contributed by atoms with E-state index < -0.39 is 14.1 Å². The van der Waals surface area contributed by atoms with Gasteiger partial charge in [0.2, 0.25) is 0 Å². The second kappa shape index (κ2) is 12.2. The molecule has 1 aromatic carbocycles. The fourth-order valence-electron chi connectivity index (χ4n) is 8.90. The topological polar surface area (TPSA) is 54.0 Å². The van der Waals surface area contributed by atoms with Crippen LogP contribution < -0.4 is 0 Å². The van der Waals surface area contributed by atoms with Crippen molar-refractivity contribution in [1.82, 2.24) is 0 Å². The van der Waals surface area contributed by atoms with Gasteiger partial charge < -0.3 is 18.6 Å². The van der Waals surface area contributed by atoms with Crippen molar-refractivity contribution in [3.63, 3.8) is 0 Å². The maximum Gasteiger partial charge on any atom is 0.302 e. The molecule has 0 amide bonds. The highest BCUT2D eigenvalue weighted by atomic mass is 35.5. The van der Waals surface area contributed by atoms with Gasteiger partial charge in [0.15, 0.2) is 14.1 Å². The summed E-state index contributed by atoms with van der Waals surface area (Å²) < 4.78 is 26.1. The Morgan fingerprint density at radius 3 is 2.30 bits per heavy atom. The van der Waals surface area contributed by atoms with E-state index in [1.807, 2.05) is 12.1 Å². The molecule has 7 heteroatoms. The van der Waals surface area contributed by atoms with E-state index >= 15 is 0 Å². The van der Waals surface area contributed by atoms with E-state index in [1.54, 1.807) is 6.92 Å². The molecule has 5 nitrogen and oxygen atoms in total. The van der Waals surface area contributed by atoms with Crippen molar-refractivity contribution in [2.45, 2.75) is 129 Å². The molecule has 4 aliphatic rings. The molecule has 0 N–H and O–H groups in total. The van der Waals surface area contributed by atoms with Crippen molar-refractivity contribution in [1.29, 1.82) is 0 Å². The zero-order valence-corrected chi connectivity index (χ0v) is 29.6. The minimum Gasteiger partial charge on any atom is -0.462 e. The SMILES string of the molecule is CC(=O)O[C@H]1C2CCC3(OCCO3)[C@@]2(C)CCC1[C@@]1(C)CC[C@H](O[Si](C)(C)C(C)(C)C)C[C@@H]1CC=Cc1ccc(Cl)cc1. The van der Waals surface area contributed by atoms with Gasteiger partial charge in [0, 0.05) is 41.7 Å². The Hall–Kier alpha value is -1.18. The van der Waals surface area contributed by atoms with Crippen LogP contribution in [-0.2, 0) is 23.4 Å². The number of rotatable bonds is 7. The van der Waals surface area contributed by atoms with Crippen molar-refractivity contribution < 1.29 is 23.4 Å². The number of fused-ring (bicyclic) bond motifs is 2. The van der Waals surface area contributed by atoms with Gasteiger partial charge in [-0.2, -0.15) is 0 Å². The van der Waals surface area contributed by atoms with Gasteiger partial charge in [-0.3, -0.25) is 4.79 Å². The molecular weight excluding hydrogens is 576 g/mol. The molecule has 2 unspecified atom stereocenters. The molecule has 3 saturated carbocycles. The molecule has 43 heavy (non-hydrogen) atoms. The number of carbonyl (C=O) groups excluding carboxylic acids is 1. The predicted octanol–water partition coefficient (Wildman–Crippen LogP) is 9.44. The van der Waals surface area contributed by atoms with Gasteiger partial charge in [-0.05, 0) is 92.1 Å². The summed E-state index contributed by atoms with van der Waals surface area (Å²) in [6.45, 7) is 19.4. The number of ether oxygens (including phenoxy) is 3. The number of benzene rings is 1. The van der Waals surface area contributed by atoms with E-state index in [-0.39, 0.29) is 45.9 Å². The van der Waals surface area contributed by atoms with Crippen molar-refractivity contribution in [3.8, 4) is 0 Å². The van der Waals surface area contributed by atoms with E-state index in [0.717, 1.165) is 62.0 Å². The molecule has 240 valence electrons. The van der Waals surface area contributed by atoms with Crippen LogP contribution in [0.3, 0.4) is 0 Å². The van der Waals surface area contributed by atoms with Crippen LogP contribution >= 0.6 is 11.6 Å². The number of hydrogen-bond acceptors (Lipinski definition) is 5. The number of esters is 1. The van der Waals surface area contributed by atoms with E-state index in [4.69, 9.17) is 30.2 Å². The van der Waals surface area contributed by atoms with E-state index in [1.165, 1.54) is 0 Å². The summed E-state index contributed by atoms with van der Waals surface area (Å²) in [5.74, 6) is 0.231. The molecule has 7 atom stereocenters. The highest BCUT2D eigenvalue weighted by Crippen LogP contribution is 2.66. The van der Waals surface area contributed by atoms with E-state index in [2.05, 4.69) is 72.0 Å². The quantitative estimate of drug-likeness (QED) is 0.222. The maximum absolute atomic E-state index is 12.7. The Morgan fingerprint density at radius 1 is 1.02 bits per heavy atom. The summed E-state index contributed by atoms with van der Waals surface area (Å²) in [7, 11) is -1.91. The van der Waals surface area contributed by atoms with Crippen LogP contribution in [0.5, 0.6) is 0 Å². The minimum atomic E-state index is -1.91. The van der Waals surface area contributed by atoms with Crippen LogP contribution in [-0.4, -0.2) is 45.5 Å². The van der Waals surface area contributed by atoms with E-state index in [0.29, 0.717) is 19.1 Å². The zero-order valence-electron chi connectivity index (χ0n) is 27.8. The molecule has 5 rings (SSSR count). The van der Waals surface area contributed by atoms with Crippen LogP contribution in [0.15, 0.2) is 30.3 Å². The molecule has 1 saturated heterocycles. The summed E-state index contributed by atoms with van der Waals surface area (Å²) in [6, 6.07) is 8.04. The third kappa shape index (κ3) is 6.30. The molecular formula is C36H55ClO5Si. The van der Waals surface area contributed by atoms with Gasteiger partial charge >= 0.3 is 5.97 Å². The van der Waals surface area contributed by atoms with Crippen LogP contribution in [0.2, 0.25) is 23.2 Å². The lowest BCUT2D eigenvalue weighted by Gasteiger charge is -2.57. The summed E-state index contributed by atoms with van der Waals surface area (Å²) in [5.41, 5.74) is 1.03. The first-order chi connectivity index (χ1) is 20.1. The van der Waals surface area contributed by atoms with Gasteiger partial charge in [0.05, 0.1) is 13.2 Å². The average molecular weight is 631 g/mol. The lowest BCUT2D eigenvalue weighted by Crippen LogP contribution is -2.58. The number of allylic oxidation sites excluding steroid dienone is 1. The Kier molecular flexibility index (Phi) is 9.42. The number of hydrogen-bond donors (Lipinski definition) is 0. The van der Waals surface area contributed by atoms with Crippen molar-refractivity contribution in [3.05, 3.63) is 40.9 Å². The first-order valence-corrected chi connectivity index (χ1v) is 19.9. The van der Waals surface area contributed by atoms with Gasteiger partial charge in [-0.1, -0.05) is 70.5 Å². The molecule has 0 aromatic heterocycles. The lowest BCUT2D eigenvalue weighted by molar-refractivity contribution is -0.252. The molecule has 0 bridgehead atoms. The third-order valence-electron chi connectivity index (χ3n) is 12.5. The fraction of sp³-hybridized carbons (Fsp3) is 0.750. The fourth-order valence-corrected chi connectivity index (χ4v) is 10.4. The van der Waals surface area contributed by atoms with Gasteiger partial charge in [-0.15, -0.1) is 0 Å². The zero-order chi connectivity index (χ0) is 31.3. The lowest BCUT2D eigenvalue weighted by atomic mass is 9.51. The monoisotopic (exact) mass is 630 g/mol. The maximum atomic E-state index is 12.7. The highest BCUT2D eigenvalue weighted by Gasteiger charge is 2.67. The summed E-state index contributed by atoms with van der Waals surface area (Å²) >= 11 is 6.14. The Labute approximate surface area is 266 Å². The van der Waals surface area contributed by atoms with Gasteiger partial charge in [-0.25, -0.2) is 0 Å². The molecule has 4 fully saturated rings. The predicted molar refractivity (Wildman–Crippen MR) is 176 cm³/mol. The highest BCUT2D eigenvalue weighted by molar-refractivity contribution is 6.74. The third-order valence-corrected chi connectivity index (χ3v) is 17.3. The first kappa shape index (κ1) is 33.2. The summed E-state index contributed by atoms with van der Waals surface area (Å²) in [5, 5.41) is 0.931. The van der Waals surface area contributed by atoms with Crippen LogP contribution in [0.25, 0.3) is 6.08 Å². The molecule has 1 aromatic rings. The normalized spacial score (nSPS) is 36.3. The van der Waals surface area contributed by atoms with Gasteiger partial charge in [0.1, 0.15) is 6.10 Å². The number of halogens is 1. The first-order valence-electron chi connectivity index (χ1n) is 16.7. The molecule has 1 heterocycles. The Bertz CT molecular complexity index is 1170. The Morgan fingerprint density at radius 2 is 1.67 bits per heavy atom. The molecule has 0 radical (unpaired) electrons. The van der Waals surface area contributed by atoms with Crippen molar-refractivity contribution in [2.75, 3.05) is 13.2 Å². The van der Waals surface area contributed by atoms with Gasteiger partial charge in [0.25, 0.3) is 0 Å². The number of carbonyl (C=O) groups is 1. The molecule has 1 aliphatic heterocycles. The summed E-state index contributed by atoms with van der Waals surface area (Å²) in [4.78, 5) is 12.7. The van der Waals surface area contributed by atoms with Crippen molar-refractivity contribution >= 4 is 32.0 Å². The molecule has 1 spiro atoms. The van der Waals surface area contributed by atoms with Crippen LogP contribution in [0.4, 0.5) is 0 Å². The van der Waals surface area contributed by atoms with Crippen molar-refractivity contribution in [2.24, 2.45) is 28.6 Å². The molecule has 3 aliphatic carbocycles. The largest absolute Gasteiger partial charge is 0.462 e. The summed E-state index contributed by atoms with van der Waals surface area (Å²) in [6.07, 6.45) is 12.8. The Balaban J connectivity index is 1.44. The average Bonchev–Trinajstić information content (AvgIpc) is 3.52. The van der Waals surface area contributed by atoms with E-state index in [9.17, 15) is 4.79 Å². The minimum absolute atomic E-state index is 0.0201. The standard InChI is InChI=1S/C36H55ClO5Si/c1-25(38)41-32-30(17-20-35(6)31(32)18-21-36(35)39-22-23-40-36)34(5)19-16-29(42-43(7,8)33(2,3)4)24-27(34)11-9-10-26-12-14-28(37)15-13-26/h9-10,12-15,27,29-32H,11,16-24H2,1-8H3/t27-,29-,30?,31?,32+,34-,35-/m0/s1. The second-order valence-electron chi connectivity index (χ2n) is 15.9.